The lowest BCUT2D eigenvalue weighted by Crippen LogP contribution is -2.48. The molecule has 1 aliphatic heterocycles. The maximum atomic E-state index is 13.5. The van der Waals surface area contributed by atoms with E-state index in [1.807, 2.05) is 0 Å². The van der Waals surface area contributed by atoms with Crippen molar-refractivity contribution in [1.82, 2.24) is 15.5 Å². The van der Waals surface area contributed by atoms with E-state index in [1.165, 1.54) is 20.1 Å². The number of halogens is 1. The number of urea groups is 1. The summed E-state index contributed by atoms with van der Waals surface area (Å²) in [4.78, 5) is 36.8. The third kappa shape index (κ3) is 3.65. The second kappa shape index (κ2) is 6.74. The van der Waals surface area contributed by atoms with Crippen molar-refractivity contribution in [1.29, 1.82) is 0 Å². The van der Waals surface area contributed by atoms with Gasteiger partial charge < -0.3 is 15.4 Å². The van der Waals surface area contributed by atoms with Crippen LogP contribution in [0, 0.1) is 5.82 Å². The number of carbonyl (C=O) groups is 3. The highest BCUT2D eigenvalue weighted by atomic mass is 19.1. The molecule has 0 saturated carbocycles. The molecule has 4 amide bonds. The summed E-state index contributed by atoms with van der Waals surface area (Å²) >= 11 is 0. The Morgan fingerprint density at radius 3 is 2.74 bits per heavy atom. The van der Waals surface area contributed by atoms with E-state index in [0.29, 0.717) is 5.56 Å². The Balaban J connectivity index is 1.94. The van der Waals surface area contributed by atoms with Gasteiger partial charge in [0.15, 0.2) is 0 Å². The van der Waals surface area contributed by atoms with Crippen LogP contribution in [0.1, 0.15) is 12.5 Å². The number of methoxy groups -OCH3 is 1. The van der Waals surface area contributed by atoms with Gasteiger partial charge in [-0.25, -0.2) is 9.18 Å². The monoisotopic (exact) mass is 323 g/mol. The van der Waals surface area contributed by atoms with E-state index in [9.17, 15) is 18.8 Å². The summed E-state index contributed by atoms with van der Waals surface area (Å²) in [6.07, 6.45) is 0. The van der Waals surface area contributed by atoms with Gasteiger partial charge in [-0.15, -0.1) is 0 Å². The SMILES string of the molecule is COCC1(C)NC(=O)N(CC(=O)NCc2ccccc2F)C1=O. The lowest BCUT2D eigenvalue weighted by Gasteiger charge is -2.20. The highest BCUT2D eigenvalue weighted by Crippen LogP contribution is 2.17. The Hall–Kier alpha value is -2.48. The molecule has 1 aliphatic rings. The normalized spacial score (nSPS) is 20.6. The molecule has 0 aliphatic carbocycles. The molecule has 1 fully saturated rings. The molecule has 1 atom stereocenters. The van der Waals surface area contributed by atoms with Gasteiger partial charge in [0.2, 0.25) is 5.91 Å². The van der Waals surface area contributed by atoms with Crippen LogP contribution in [0.15, 0.2) is 24.3 Å². The molecule has 7 nitrogen and oxygen atoms in total. The van der Waals surface area contributed by atoms with Crippen molar-refractivity contribution in [3.8, 4) is 0 Å². The Kier molecular flexibility index (Phi) is 4.95. The van der Waals surface area contributed by atoms with Crippen molar-refractivity contribution in [2.75, 3.05) is 20.3 Å². The van der Waals surface area contributed by atoms with Crippen LogP contribution >= 0.6 is 0 Å². The highest BCUT2D eigenvalue weighted by Gasteiger charge is 2.48. The van der Waals surface area contributed by atoms with Crippen molar-refractivity contribution in [3.63, 3.8) is 0 Å². The summed E-state index contributed by atoms with van der Waals surface area (Å²) < 4.78 is 18.4. The van der Waals surface area contributed by atoms with Gasteiger partial charge in [-0.2, -0.15) is 0 Å². The second-order valence-corrected chi connectivity index (χ2v) is 5.45. The van der Waals surface area contributed by atoms with Crippen molar-refractivity contribution >= 4 is 17.8 Å². The number of carbonyl (C=O) groups excluding carboxylic acids is 3. The molecule has 23 heavy (non-hydrogen) atoms. The third-order valence-corrected chi connectivity index (χ3v) is 3.51. The minimum absolute atomic E-state index is 0.00488. The summed E-state index contributed by atoms with van der Waals surface area (Å²) in [6, 6.07) is 5.37. The molecule has 1 aromatic carbocycles. The number of hydrogen-bond acceptors (Lipinski definition) is 4. The molecule has 0 aromatic heterocycles. The first-order valence-electron chi connectivity index (χ1n) is 7.00. The smallest absolute Gasteiger partial charge is 0.325 e. The van der Waals surface area contributed by atoms with Gasteiger partial charge in [0.05, 0.1) is 6.61 Å². The predicted octanol–water partition coefficient (Wildman–Crippen LogP) is 0.399. The van der Waals surface area contributed by atoms with Gasteiger partial charge in [-0.1, -0.05) is 18.2 Å². The quantitative estimate of drug-likeness (QED) is 0.742. The Labute approximate surface area is 132 Å². The van der Waals surface area contributed by atoms with Gasteiger partial charge in [0.25, 0.3) is 5.91 Å². The molecule has 1 aromatic rings. The van der Waals surface area contributed by atoms with E-state index in [-0.39, 0.29) is 13.2 Å². The molecule has 1 unspecified atom stereocenters. The van der Waals surface area contributed by atoms with Crippen LogP contribution in [0.2, 0.25) is 0 Å². The standard InChI is InChI=1S/C15H18FN3O4/c1-15(9-23-2)13(21)19(14(22)18-15)8-12(20)17-7-10-5-3-4-6-11(10)16/h3-6H,7-9H2,1-2H3,(H,17,20)(H,18,22). The lowest BCUT2D eigenvalue weighted by molar-refractivity contribution is -0.135. The van der Waals surface area contributed by atoms with Crippen LogP contribution in [-0.4, -0.2) is 48.5 Å². The minimum atomic E-state index is -1.18. The number of amides is 4. The second-order valence-electron chi connectivity index (χ2n) is 5.45. The van der Waals surface area contributed by atoms with E-state index >= 15 is 0 Å². The fraction of sp³-hybridized carbons (Fsp3) is 0.400. The highest BCUT2D eigenvalue weighted by molar-refractivity contribution is 6.08. The van der Waals surface area contributed by atoms with E-state index in [0.717, 1.165) is 4.90 Å². The van der Waals surface area contributed by atoms with Crippen molar-refractivity contribution in [3.05, 3.63) is 35.6 Å². The number of rotatable bonds is 6. The van der Waals surface area contributed by atoms with E-state index in [1.54, 1.807) is 18.2 Å². The topological polar surface area (TPSA) is 87.7 Å². The molecule has 2 rings (SSSR count). The van der Waals surface area contributed by atoms with Crippen molar-refractivity contribution in [2.24, 2.45) is 0 Å². The minimum Gasteiger partial charge on any atom is -0.382 e. The first kappa shape index (κ1) is 16.9. The Bertz CT molecular complexity index is 637. The zero-order valence-corrected chi connectivity index (χ0v) is 12.9. The van der Waals surface area contributed by atoms with Gasteiger partial charge in [0.1, 0.15) is 17.9 Å². The summed E-state index contributed by atoms with van der Waals surface area (Å²) in [5.41, 5.74) is -0.861. The number of nitrogens with zero attached hydrogens (tertiary/aromatic N) is 1. The zero-order valence-electron chi connectivity index (χ0n) is 12.9. The number of nitrogens with one attached hydrogen (secondary N) is 2. The molecule has 1 heterocycles. The van der Waals surface area contributed by atoms with Crippen LogP contribution in [-0.2, 0) is 20.9 Å². The fourth-order valence-corrected chi connectivity index (χ4v) is 2.31. The maximum Gasteiger partial charge on any atom is 0.325 e. The summed E-state index contributed by atoms with van der Waals surface area (Å²) in [5, 5.41) is 4.97. The Morgan fingerprint density at radius 2 is 2.09 bits per heavy atom. The van der Waals surface area contributed by atoms with Crippen molar-refractivity contribution < 1.29 is 23.5 Å². The third-order valence-electron chi connectivity index (χ3n) is 3.51. The molecule has 2 N–H and O–H groups in total. The number of hydrogen-bond donors (Lipinski definition) is 2. The summed E-state index contributed by atoms with van der Waals surface area (Å²) in [6.45, 7) is 1.07. The van der Waals surface area contributed by atoms with E-state index in [2.05, 4.69) is 10.6 Å². The zero-order chi connectivity index (χ0) is 17.0. The molecule has 0 spiro atoms. The number of ether oxygens (including phenoxy) is 1. The van der Waals surface area contributed by atoms with Gasteiger partial charge in [-0.3, -0.25) is 14.5 Å². The first-order chi connectivity index (χ1) is 10.9. The molecule has 0 bridgehead atoms. The van der Waals surface area contributed by atoms with Crippen LogP contribution < -0.4 is 10.6 Å². The fourth-order valence-electron chi connectivity index (χ4n) is 2.31. The van der Waals surface area contributed by atoms with Crippen LogP contribution in [0.4, 0.5) is 9.18 Å². The summed E-state index contributed by atoms with van der Waals surface area (Å²) in [7, 11) is 1.41. The molecule has 1 saturated heterocycles. The van der Waals surface area contributed by atoms with E-state index < -0.39 is 35.7 Å². The van der Waals surface area contributed by atoms with E-state index in [4.69, 9.17) is 4.74 Å². The lowest BCUT2D eigenvalue weighted by atomic mass is 10.0. The molecule has 8 heteroatoms. The predicted molar refractivity (Wildman–Crippen MR) is 78.8 cm³/mol. The average Bonchev–Trinajstić information content (AvgIpc) is 2.70. The van der Waals surface area contributed by atoms with Gasteiger partial charge >= 0.3 is 6.03 Å². The molecular formula is C15H18FN3O4. The molecular weight excluding hydrogens is 305 g/mol. The molecule has 0 radical (unpaired) electrons. The molecule has 124 valence electrons. The van der Waals surface area contributed by atoms with Gasteiger partial charge in [-0.05, 0) is 13.0 Å². The average molecular weight is 323 g/mol. The summed E-state index contributed by atoms with van der Waals surface area (Å²) in [5.74, 6) is -1.53. The Morgan fingerprint density at radius 1 is 1.39 bits per heavy atom. The maximum absolute atomic E-state index is 13.5. The van der Waals surface area contributed by atoms with Crippen LogP contribution in [0.3, 0.4) is 0 Å². The van der Waals surface area contributed by atoms with Crippen LogP contribution in [0.25, 0.3) is 0 Å². The number of benzene rings is 1. The number of imide groups is 1. The largest absolute Gasteiger partial charge is 0.382 e. The van der Waals surface area contributed by atoms with Crippen molar-refractivity contribution in [2.45, 2.75) is 19.0 Å². The van der Waals surface area contributed by atoms with Gasteiger partial charge in [0, 0.05) is 19.2 Å². The first-order valence-corrected chi connectivity index (χ1v) is 7.00. The van der Waals surface area contributed by atoms with Crippen LogP contribution in [0.5, 0.6) is 0 Å².